The summed E-state index contributed by atoms with van der Waals surface area (Å²) in [6.07, 6.45) is 1.05. The second kappa shape index (κ2) is 8.78. The van der Waals surface area contributed by atoms with E-state index in [1.807, 2.05) is 10.6 Å². The third-order valence-electron chi connectivity index (χ3n) is 2.96. The van der Waals surface area contributed by atoms with Crippen LogP contribution in [0.5, 0.6) is 0 Å². The van der Waals surface area contributed by atoms with Crippen LogP contribution in [0.25, 0.3) is 0 Å². The van der Waals surface area contributed by atoms with Gasteiger partial charge >= 0.3 is 6.03 Å². The molecule has 10 heteroatoms. The van der Waals surface area contributed by atoms with Gasteiger partial charge in [0.25, 0.3) is 11.6 Å². The highest BCUT2D eigenvalue weighted by atomic mass is 16.6. The lowest BCUT2D eigenvalue weighted by molar-refractivity contribution is -0.385. The number of hydrogen-bond acceptors (Lipinski definition) is 7. The summed E-state index contributed by atoms with van der Waals surface area (Å²) >= 11 is 0. The van der Waals surface area contributed by atoms with Gasteiger partial charge in [-0.2, -0.15) is 5.26 Å². The van der Waals surface area contributed by atoms with Gasteiger partial charge in [0.15, 0.2) is 0 Å². The highest BCUT2D eigenvalue weighted by Crippen LogP contribution is 2.22. The Bertz CT molecular complexity index is 794. The van der Waals surface area contributed by atoms with Gasteiger partial charge in [-0.25, -0.2) is 4.79 Å². The molecule has 0 saturated heterocycles. The number of nitrogens with one attached hydrogen (secondary N) is 3. The lowest BCUT2D eigenvalue weighted by atomic mass is 10.2. The van der Waals surface area contributed by atoms with E-state index in [0.29, 0.717) is 5.56 Å². The molecule has 130 valence electrons. The highest BCUT2D eigenvalue weighted by molar-refractivity contribution is 6.09. The molecule has 0 saturated carbocycles. The Kier molecular flexibility index (Phi) is 6.78. The summed E-state index contributed by atoms with van der Waals surface area (Å²) in [5.41, 5.74) is 0.152. The Labute approximate surface area is 142 Å². The number of hydrogen-bond donors (Lipinski definition) is 3. The van der Waals surface area contributed by atoms with E-state index in [0.717, 1.165) is 6.20 Å². The predicted molar refractivity (Wildman–Crippen MR) is 87.1 cm³/mol. The maximum absolute atomic E-state index is 11.8. The molecule has 0 unspecified atom stereocenters. The van der Waals surface area contributed by atoms with Crippen LogP contribution in [0.3, 0.4) is 0 Å². The van der Waals surface area contributed by atoms with Crippen molar-refractivity contribution in [2.75, 3.05) is 5.32 Å². The number of aryl methyl sites for hydroxylation is 1. The van der Waals surface area contributed by atoms with Crippen molar-refractivity contribution < 1.29 is 19.3 Å². The average Bonchev–Trinajstić information content (AvgIpc) is 2.56. The first-order valence-corrected chi connectivity index (χ1v) is 7.05. The number of urea groups is 1. The lowest BCUT2D eigenvalue weighted by Gasteiger charge is -2.05. The lowest BCUT2D eigenvalue weighted by Crippen LogP contribution is -2.42. The molecule has 0 aliphatic rings. The Morgan fingerprint density at radius 3 is 2.56 bits per heavy atom. The number of rotatable bonds is 5. The minimum atomic E-state index is -1.05. The number of imide groups is 2. The molecule has 4 amide bonds. The first-order valence-electron chi connectivity index (χ1n) is 7.05. The number of anilines is 1. The summed E-state index contributed by atoms with van der Waals surface area (Å²) in [4.78, 5) is 44.5. The zero-order chi connectivity index (χ0) is 19.0. The van der Waals surface area contributed by atoms with E-state index in [2.05, 4.69) is 5.32 Å². The van der Waals surface area contributed by atoms with E-state index in [1.165, 1.54) is 25.1 Å². The second-order valence-electron chi connectivity index (χ2n) is 4.76. The number of nitro benzene ring substituents is 1. The largest absolute Gasteiger partial charge is 0.360 e. The number of nitro groups is 1. The first-order chi connectivity index (χ1) is 11.8. The maximum Gasteiger partial charge on any atom is 0.328 e. The summed E-state index contributed by atoms with van der Waals surface area (Å²) in [6, 6.07) is 4.80. The highest BCUT2D eigenvalue weighted by Gasteiger charge is 2.15. The van der Waals surface area contributed by atoms with Gasteiger partial charge in [0.1, 0.15) is 11.6 Å². The summed E-state index contributed by atoms with van der Waals surface area (Å²) in [5, 5.41) is 26.2. The normalized spacial score (nSPS) is 10.4. The van der Waals surface area contributed by atoms with E-state index >= 15 is 0 Å². The van der Waals surface area contributed by atoms with Gasteiger partial charge in [0, 0.05) is 29.9 Å². The molecule has 0 aliphatic carbocycles. The molecular formula is C15H15N5O5. The van der Waals surface area contributed by atoms with Crippen LogP contribution in [0.4, 0.5) is 16.2 Å². The van der Waals surface area contributed by atoms with Crippen molar-refractivity contribution in [3.63, 3.8) is 0 Å². The van der Waals surface area contributed by atoms with E-state index in [1.54, 1.807) is 13.0 Å². The van der Waals surface area contributed by atoms with Crippen molar-refractivity contribution >= 4 is 29.2 Å². The molecule has 0 atom stereocenters. The van der Waals surface area contributed by atoms with Crippen molar-refractivity contribution in [3.8, 4) is 6.07 Å². The molecule has 0 bridgehead atoms. The molecule has 3 N–H and O–H groups in total. The predicted octanol–water partition coefficient (Wildman–Crippen LogP) is 1.48. The molecular weight excluding hydrogens is 330 g/mol. The fraction of sp³-hybridized carbons (Fsp3) is 0.200. The molecule has 1 aromatic carbocycles. The van der Waals surface area contributed by atoms with Crippen LogP contribution in [0, 0.1) is 28.4 Å². The minimum Gasteiger partial charge on any atom is -0.360 e. The number of nitriles is 1. The quantitative estimate of drug-likeness (QED) is 0.316. The van der Waals surface area contributed by atoms with Crippen LogP contribution in [-0.4, -0.2) is 22.8 Å². The first kappa shape index (κ1) is 19.3. The zero-order valence-corrected chi connectivity index (χ0v) is 13.5. The van der Waals surface area contributed by atoms with Crippen molar-refractivity contribution in [2.45, 2.75) is 20.3 Å². The van der Waals surface area contributed by atoms with Crippen LogP contribution in [0.2, 0.25) is 0 Å². The van der Waals surface area contributed by atoms with Gasteiger partial charge < -0.3 is 5.32 Å². The second-order valence-corrected chi connectivity index (χ2v) is 4.76. The van der Waals surface area contributed by atoms with Gasteiger partial charge in [-0.05, 0) is 13.0 Å². The van der Waals surface area contributed by atoms with Crippen LogP contribution in [-0.2, 0) is 9.59 Å². The topological polar surface area (TPSA) is 154 Å². The van der Waals surface area contributed by atoms with E-state index in [9.17, 15) is 24.5 Å². The molecule has 0 fully saturated rings. The number of benzene rings is 1. The number of amides is 4. The SMILES string of the molecule is CCC(=O)NC(=O)NC(=O)/C(C#N)=C\Nc1ccc(C)c([N+](=O)[O-])c1. The van der Waals surface area contributed by atoms with Gasteiger partial charge in [-0.3, -0.25) is 30.3 Å². The van der Waals surface area contributed by atoms with Crippen LogP contribution in [0.1, 0.15) is 18.9 Å². The molecule has 25 heavy (non-hydrogen) atoms. The summed E-state index contributed by atoms with van der Waals surface area (Å²) in [5.74, 6) is -1.61. The number of nitrogens with zero attached hydrogens (tertiary/aromatic N) is 2. The molecule has 1 rings (SSSR count). The van der Waals surface area contributed by atoms with E-state index in [-0.39, 0.29) is 17.8 Å². The molecule has 0 heterocycles. The van der Waals surface area contributed by atoms with Gasteiger partial charge in [0.05, 0.1) is 4.92 Å². The molecule has 0 aliphatic heterocycles. The van der Waals surface area contributed by atoms with Crippen LogP contribution in [0.15, 0.2) is 30.0 Å². The van der Waals surface area contributed by atoms with Crippen LogP contribution >= 0.6 is 0 Å². The fourth-order valence-corrected chi connectivity index (χ4v) is 1.62. The Hall–Kier alpha value is -3.74. The van der Waals surface area contributed by atoms with Crippen LogP contribution < -0.4 is 16.0 Å². The summed E-state index contributed by atoms with van der Waals surface area (Å²) < 4.78 is 0. The molecule has 0 spiro atoms. The van der Waals surface area contributed by atoms with Crippen molar-refractivity contribution in [2.24, 2.45) is 0 Å². The third kappa shape index (κ3) is 5.76. The smallest absolute Gasteiger partial charge is 0.328 e. The molecule has 10 nitrogen and oxygen atoms in total. The summed E-state index contributed by atoms with van der Waals surface area (Å²) in [6.45, 7) is 3.10. The third-order valence-corrected chi connectivity index (χ3v) is 2.96. The standard InChI is InChI=1S/C15H15N5O5/c1-3-13(21)18-15(23)19-14(22)10(7-16)8-17-11-5-4-9(2)12(6-11)20(24)25/h4-6,8,17H,3H2,1-2H3,(H2,18,19,21,22,23)/b10-8-. The number of carbonyl (C=O) groups excluding carboxylic acids is 3. The van der Waals surface area contributed by atoms with Crippen molar-refractivity contribution in [1.29, 1.82) is 5.26 Å². The Balaban J connectivity index is 2.83. The van der Waals surface area contributed by atoms with Crippen molar-refractivity contribution in [1.82, 2.24) is 10.6 Å². The fourth-order valence-electron chi connectivity index (χ4n) is 1.62. The van der Waals surface area contributed by atoms with Gasteiger partial charge in [0.2, 0.25) is 5.91 Å². The molecule has 1 aromatic rings. The zero-order valence-electron chi connectivity index (χ0n) is 13.5. The molecule has 0 radical (unpaired) electrons. The van der Waals surface area contributed by atoms with Gasteiger partial charge in [-0.15, -0.1) is 0 Å². The summed E-state index contributed by atoms with van der Waals surface area (Å²) in [7, 11) is 0. The monoisotopic (exact) mass is 345 g/mol. The van der Waals surface area contributed by atoms with E-state index < -0.39 is 28.3 Å². The number of carbonyl (C=O) groups is 3. The maximum atomic E-state index is 11.8. The minimum absolute atomic E-state index is 0.0519. The Morgan fingerprint density at radius 1 is 1.32 bits per heavy atom. The van der Waals surface area contributed by atoms with Crippen molar-refractivity contribution in [3.05, 3.63) is 45.6 Å². The van der Waals surface area contributed by atoms with Gasteiger partial charge in [-0.1, -0.05) is 13.0 Å². The van der Waals surface area contributed by atoms with E-state index in [4.69, 9.17) is 5.26 Å². The Morgan fingerprint density at radius 2 is 2.00 bits per heavy atom. The average molecular weight is 345 g/mol. The molecule has 0 aromatic heterocycles.